The standard InChI is InChI=1S/C13H19NO3/c1-3-17-13(16)7-10-4-5-11(9(2)6-10)12(14)8-15/h4-6,12,15H,3,7-8,14H2,1-2H3. The Hall–Kier alpha value is -1.39. The van der Waals surface area contributed by atoms with Gasteiger partial charge in [-0.15, -0.1) is 0 Å². The Balaban J connectivity index is 2.78. The minimum Gasteiger partial charge on any atom is -0.466 e. The molecule has 3 N–H and O–H groups in total. The number of nitrogens with two attached hydrogens (primary N) is 1. The third kappa shape index (κ3) is 3.84. The Morgan fingerprint density at radius 2 is 2.24 bits per heavy atom. The van der Waals surface area contributed by atoms with Crippen molar-refractivity contribution in [3.05, 3.63) is 34.9 Å². The zero-order valence-corrected chi connectivity index (χ0v) is 10.3. The lowest BCUT2D eigenvalue weighted by Gasteiger charge is -2.13. The van der Waals surface area contributed by atoms with Crippen LogP contribution in [0, 0.1) is 6.92 Å². The molecule has 0 amide bonds. The van der Waals surface area contributed by atoms with E-state index in [-0.39, 0.29) is 25.0 Å². The van der Waals surface area contributed by atoms with Crippen molar-refractivity contribution in [2.45, 2.75) is 26.3 Å². The first-order valence-corrected chi connectivity index (χ1v) is 5.70. The van der Waals surface area contributed by atoms with E-state index in [0.717, 1.165) is 16.7 Å². The molecule has 1 aromatic carbocycles. The average molecular weight is 237 g/mol. The topological polar surface area (TPSA) is 72.5 Å². The van der Waals surface area contributed by atoms with E-state index in [1.165, 1.54) is 0 Å². The fraction of sp³-hybridized carbons (Fsp3) is 0.462. The van der Waals surface area contributed by atoms with Gasteiger partial charge < -0.3 is 15.6 Å². The number of aliphatic hydroxyl groups excluding tert-OH is 1. The molecule has 0 aliphatic rings. The van der Waals surface area contributed by atoms with Crippen LogP contribution >= 0.6 is 0 Å². The first-order valence-electron chi connectivity index (χ1n) is 5.70. The Morgan fingerprint density at radius 3 is 2.76 bits per heavy atom. The van der Waals surface area contributed by atoms with Crippen molar-refractivity contribution >= 4 is 5.97 Å². The van der Waals surface area contributed by atoms with E-state index < -0.39 is 0 Å². The maximum Gasteiger partial charge on any atom is 0.310 e. The molecule has 1 atom stereocenters. The molecule has 4 heteroatoms. The lowest BCUT2D eigenvalue weighted by molar-refractivity contribution is -0.142. The monoisotopic (exact) mass is 237 g/mol. The van der Waals surface area contributed by atoms with Gasteiger partial charge in [-0.3, -0.25) is 4.79 Å². The largest absolute Gasteiger partial charge is 0.466 e. The highest BCUT2D eigenvalue weighted by atomic mass is 16.5. The van der Waals surface area contributed by atoms with Gasteiger partial charge >= 0.3 is 5.97 Å². The van der Waals surface area contributed by atoms with Crippen LogP contribution in [0.5, 0.6) is 0 Å². The molecular formula is C13H19NO3. The molecule has 4 nitrogen and oxygen atoms in total. The first-order chi connectivity index (χ1) is 8.08. The van der Waals surface area contributed by atoms with E-state index in [2.05, 4.69) is 0 Å². The first kappa shape index (κ1) is 13.7. The van der Waals surface area contributed by atoms with E-state index in [4.69, 9.17) is 15.6 Å². The normalized spacial score (nSPS) is 12.2. The molecule has 0 aromatic heterocycles. The zero-order valence-electron chi connectivity index (χ0n) is 10.3. The number of rotatable bonds is 5. The summed E-state index contributed by atoms with van der Waals surface area (Å²) in [5.74, 6) is -0.230. The number of aliphatic hydroxyl groups is 1. The van der Waals surface area contributed by atoms with E-state index in [1.54, 1.807) is 6.92 Å². The smallest absolute Gasteiger partial charge is 0.310 e. The van der Waals surface area contributed by atoms with Crippen LogP contribution in [0.2, 0.25) is 0 Å². The summed E-state index contributed by atoms with van der Waals surface area (Å²) >= 11 is 0. The van der Waals surface area contributed by atoms with E-state index in [9.17, 15) is 4.79 Å². The number of hydrogen-bond donors (Lipinski definition) is 2. The second-order valence-electron chi connectivity index (χ2n) is 3.96. The van der Waals surface area contributed by atoms with Crippen LogP contribution in [0.4, 0.5) is 0 Å². The van der Waals surface area contributed by atoms with Crippen LogP contribution in [-0.4, -0.2) is 24.3 Å². The van der Waals surface area contributed by atoms with E-state index >= 15 is 0 Å². The van der Waals surface area contributed by atoms with Crippen molar-refractivity contribution in [3.63, 3.8) is 0 Å². The number of benzene rings is 1. The fourth-order valence-corrected chi connectivity index (χ4v) is 1.74. The molecule has 1 unspecified atom stereocenters. The van der Waals surface area contributed by atoms with Crippen LogP contribution < -0.4 is 5.73 Å². The van der Waals surface area contributed by atoms with Crippen molar-refractivity contribution in [3.8, 4) is 0 Å². The predicted octanol–water partition coefficient (Wildman–Crippen LogP) is 1.09. The Morgan fingerprint density at radius 1 is 1.53 bits per heavy atom. The quantitative estimate of drug-likeness (QED) is 0.752. The summed E-state index contributed by atoms with van der Waals surface area (Å²) < 4.78 is 4.88. The van der Waals surface area contributed by atoms with Gasteiger partial charge in [-0.05, 0) is 30.5 Å². The number of aryl methyl sites for hydroxylation is 1. The Kier molecular flexibility index (Phi) is 5.12. The number of ether oxygens (including phenoxy) is 1. The molecule has 0 bridgehead atoms. The molecular weight excluding hydrogens is 218 g/mol. The van der Waals surface area contributed by atoms with Gasteiger partial charge in [-0.2, -0.15) is 0 Å². The average Bonchev–Trinajstić information content (AvgIpc) is 2.28. The summed E-state index contributed by atoms with van der Waals surface area (Å²) in [5.41, 5.74) is 8.53. The van der Waals surface area contributed by atoms with Gasteiger partial charge in [0.15, 0.2) is 0 Å². The summed E-state index contributed by atoms with van der Waals surface area (Å²) in [7, 11) is 0. The highest BCUT2D eigenvalue weighted by molar-refractivity contribution is 5.72. The number of esters is 1. The van der Waals surface area contributed by atoms with Gasteiger partial charge in [0.1, 0.15) is 0 Å². The molecule has 0 saturated carbocycles. The minimum atomic E-state index is -0.369. The number of carbonyl (C=O) groups excluding carboxylic acids is 1. The van der Waals surface area contributed by atoms with Crippen molar-refractivity contribution in [2.75, 3.05) is 13.2 Å². The zero-order chi connectivity index (χ0) is 12.8. The molecule has 0 aliphatic carbocycles. The molecule has 0 heterocycles. The third-order valence-electron chi connectivity index (χ3n) is 2.58. The second kappa shape index (κ2) is 6.37. The maximum absolute atomic E-state index is 11.3. The van der Waals surface area contributed by atoms with Crippen molar-refractivity contribution < 1.29 is 14.6 Å². The maximum atomic E-state index is 11.3. The predicted molar refractivity (Wildman–Crippen MR) is 65.5 cm³/mol. The minimum absolute atomic E-state index is 0.0853. The molecule has 0 radical (unpaired) electrons. The van der Waals surface area contributed by atoms with Gasteiger partial charge in [-0.1, -0.05) is 18.2 Å². The molecule has 94 valence electrons. The number of hydrogen-bond acceptors (Lipinski definition) is 4. The van der Waals surface area contributed by atoms with Crippen molar-refractivity contribution in [1.29, 1.82) is 0 Å². The lowest BCUT2D eigenvalue weighted by atomic mass is 9.99. The Bertz CT molecular complexity index is 390. The molecule has 0 aliphatic heterocycles. The van der Waals surface area contributed by atoms with Gasteiger partial charge in [0.05, 0.1) is 25.7 Å². The number of carbonyl (C=O) groups is 1. The van der Waals surface area contributed by atoms with Crippen LogP contribution in [0.3, 0.4) is 0 Å². The van der Waals surface area contributed by atoms with E-state index in [1.807, 2.05) is 25.1 Å². The lowest BCUT2D eigenvalue weighted by Crippen LogP contribution is -2.16. The highest BCUT2D eigenvalue weighted by Gasteiger charge is 2.10. The van der Waals surface area contributed by atoms with Crippen LogP contribution in [0.15, 0.2) is 18.2 Å². The van der Waals surface area contributed by atoms with Gasteiger partial charge in [-0.25, -0.2) is 0 Å². The molecule has 1 rings (SSSR count). The summed E-state index contributed by atoms with van der Waals surface area (Å²) in [4.78, 5) is 11.3. The fourth-order valence-electron chi connectivity index (χ4n) is 1.74. The summed E-state index contributed by atoms with van der Waals surface area (Å²) in [6, 6.07) is 5.23. The van der Waals surface area contributed by atoms with Gasteiger partial charge in [0.25, 0.3) is 0 Å². The third-order valence-corrected chi connectivity index (χ3v) is 2.58. The highest BCUT2D eigenvalue weighted by Crippen LogP contribution is 2.17. The molecule has 0 spiro atoms. The van der Waals surface area contributed by atoms with E-state index in [0.29, 0.717) is 6.61 Å². The summed E-state index contributed by atoms with van der Waals surface area (Å²) in [6.07, 6.45) is 0.267. The van der Waals surface area contributed by atoms with Crippen molar-refractivity contribution in [1.82, 2.24) is 0 Å². The SMILES string of the molecule is CCOC(=O)Cc1ccc(C(N)CO)c(C)c1. The molecule has 17 heavy (non-hydrogen) atoms. The van der Waals surface area contributed by atoms with Gasteiger partial charge in [0, 0.05) is 0 Å². The molecule has 0 fully saturated rings. The van der Waals surface area contributed by atoms with Crippen molar-refractivity contribution in [2.24, 2.45) is 5.73 Å². The molecule has 1 aromatic rings. The van der Waals surface area contributed by atoms with Crippen LogP contribution in [-0.2, 0) is 16.0 Å². The van der Waals surface area contributed by atoms with Gasteiger partial charge in [0.2, 0.25) is 0 Å². The molecule has 0 saturated heterocycles. The summed E-state index contributed by atoms with van der Waals surface area (Å²) in [5, 5.41) is 9.00. The Labute approximate surface area is 101 Å². The van der Waals surface area contributed by atoms with Crippen LogP contribution in [0.25, 0.3) is 0 Å². The van der Waals surface area contributed by atoms with Crippen LogP contribution in [0.1, 0.15) is 29.7 Å². The summed E-state index contributed by atoms with van der Waals surface area (Å²) in [6.45, 7) is 4.01. The second-order valence-corrected chi connectivity index (χ2v) is 3.96.